The van der Waals surface area contributed by atoms with Gasteiger partial charge in [0.05, 0.1) is 0 Å². The summed E-state index contributed by atoms with van der Waals surface area (Å²) in [6, 6.07) is 8.66. The topological polar surface area (TPSA) is 3.24 Å². The van der Waals surface area contributed by atoms with Gasteiger partial charge >= 0.3 is 0 Å². The quantitative estimate of drug-likeness (QED) is 0.734. The molecule has 78 valence electrons. The number of hydrogen-bond acceptors (Lipinski definition) is 1. The summed E-state index contributed by atoms with van der Waals surface area (Å²) < 4.78 is 0. The SMILES string of the molecule is CCCC(c1ccc(Cl)cc1)N(C)C. The van der Waals surface area contributed by atoms with Gasteiger partial charge in [-0.25, -0.2) is 0 Å². The molecule has 1 atom stereocenters. The van der Waals surface area contributed by atoms with Crippen LogP contribution in [0.2, 0.25) is 5.02 Å². The van der Waals surface area contributed by atoms with Crippen LogP contribution in [0.15, 0.2) is 24.3 Å². The number of benzene rings is 1. The van der Waals surface area contributed by atoms with E-state index in [1.807, 2.05) is 12.1 Å². The Bertz CT molecular complexity index is 266. The first-order chi connectivity index (χ1) is 6.65. The molecule has 1 nitrogen and oxygen atoms in total. The average Bonchev–Trinajstić information content (AvgIpc) is 2.15. The van der Waals surface area contributed by atoms with E-state index in [2.05, 4.69) is 38.1 Å². The first-order valence-corrected chi connectivity index (χ1v) is 5.44. The van der Waals surface area contributed by atoms with Crippen molar-refractivity contribution >= 4 is 11.6 Å². The van der Waals surface area contributed by atoms with Gasteiger partial charge in [0, 0.05) is 11.1 Å². The van der Waals surface area contributed by atoms with E-state index in [9.17, 15) is 0 Å². The molecule has 0 aliphatic carbocycles. The molecule has 1 aromatic carbocycles. The second kappa shape index (κ2) is 5.38. The smallest absolute Gasteiger partial charge is 0.0406 e. The molecule has 14 heavy (non-hydrogen) atoms. The molecular weight excluding hydrogens is 194 g/mol. The number of rotatable bonds is 4. The maximum absolute atomic E-state index is 5.86. The zero-order valence-corrected chi connectivity index (χ0v) is 9.88. The highest BCUT2D eigenvalue weighted by atomic mass is 35.5. The normalized spacial score (nSPS) is 13.2. The van der Waals surface area contributed by atoms with Crippen molar-refractivity contribution in [2.24, 2.45) is 0 Å². The lowest BCUT2D eigenvalue weighted by molar-refractivity contribution is 0.282. The lowest BCUT2D eigenvalue weighted by Gasteiger charge is -2.24. The molecule has 0 N–H and O–H groups in total. The monoisotopic (exact) mass is 211 g/mol. The number of halogens is 1. The van der Waals surface area contributed by atoms with Crippen LogP contribution in [0.4, 0.5) is 0 Å². The van der Waals surface area contributed by atoms with Crippen LogP contribution in [0, 0.1) is 0 Å². The molecule has 0 saturated heterocycles. The molecule has 2 heteroatoms. The molecular formula is C12H18ClN. The van der Waals surface area contributed by atoms with E-state index in [0.29, 0.717) is 6.04 Å². The van der Waals surface area contributed by atoms with E-state index in [4.69, 9.17) is 11.6 Å². The van der Waals surface area contributed by atoms with Crippen molar-refractivity contribution in [3.05, 3.63) is 34.9 Å². The standard InChI is InChI=1S/C12H18ClN/c1-4-5-12(14(2)3)10-6-8-11(13)9-7-10/h6-9,12H,4-5H2,1-3H3. The summed E-state index contributed by atoms with van der Waals surface area (Å²) in [4.78, 5) is 2.26. The first kappa shape index (κ1) is 11.5. The van der Waals surface area contributed by atoms with Gasteiger partial charge in [0.15, 0.2) is 0 Å². The maximum Gasteiger partial charge on any atom is 0.0406 e. The van der Waals surface area contributed by atoms with Crippen molar-refractivity contribution in [3.8, 4) is 0 Å². The van der Waals surface area contributed by atoms with Gasteiger partial charge in [-0.2, -0.15) is 0 Å². The van der Waals surface area contributed by atoms with Crippen molar-refractivity contribution < 1.29 is 0 Å². The van der Waals surface area contributed by atoms with Crippen molar-refractivity contribution in [1.82, 2.24) is 4.90 Å². The van der Waals surface area contributed by atoms with Gasteiger partial charge in [-0.1, -0.05) is 37.1 Å². The Morgan fingerprint density at radius 1 is 1.21 bits per heavy atom. The summed E-state index contributed by atoms with van der Waals surface area (Å²) in [5.74, 6) is 0. The molecule has 0 spiro atoms. The van der Waals surface area contributed by atoms with E-state index in [-0.39, 0.29) is 0 Å². The van der Waals surface area contributed by atoms with Crippen LogP contribution < -0.4 is 0 Å². The predicted octanol–water partition coefficient (Wildman–Crippen LogP) is 3.74. The first-order valence-electron chi connectivity index (χ1n) is 5.07. The zero-order chi connectivity index (χ0) is 10.6. The van der Waals surface area contributed by atoms with E-state index in [1.165, 1.54) is 18.4 Å². The minimum Gasteiger partial charge on any atom is -0.302 e. The van der Waals surface area contributed by atoms with Gasteiger partial charge in [0.1, 0.15) is 0 Å². The average molecular weight is 212 g/mol. The molecule has 0 bridgehead atoms. The molecule has 0 radical (unpaired) electrons. The summed E-state index contributed by atoms with van der Waals surface area (Å²) in [6.07, 6.45) is 2.39. The molecule has 0 fully saturated rings. The Morgan fingerprint density at radius 2 is 1.79 bits per heavy atom. The van der Waals surface area contributed by atoms with Crippen LogP contribution >= 0.6 is 11.6 Å². The molecule has 0 heterocycles. The highest BCUT2D eigenvalue weighted by molar-refractivity contribution is 6.30. The molecule has 0 aliphatic rings. The third-order valence-electron chi connectivity index (χ3n) is 2.44. The van der Waals surface area contributed by atoms with Crippen molar-refractivity contribution in [2.75, 3.05) is 14.1 Å². The van der Waals surface area contributed by atoms with Gasteiger partial charge in [-0.3, -0.25) is 0 Å². The zero-order valence-electron chi connectivity index (χ0n) is 9.13. The Balaban J connectivity index is 2.82. The molecule has 0 amide bonds. The summed E-state index contributed by atoms with van der Waals surface area (Å²) >= 11 is 5.86. The fourth-order valence-corrected chi connectivity index (χ4v) is 1.81. The van der Waals surface area contributed by atoms with E-state index >= 15 is 0 Å². The lowest BCUT2D eigenvalue weighted by atomic mass is 10.0. The van der Waals surface area contributed by atoms with E-state index < -0.39 is 0 Å². The second-order valence-electron chi connectivity index (χ2n) is 3.82. The Morgan fingerprint density at radius 3 is 2.21 bits per heavy atom. The van der Waals surface area contributed by atoms with Gasteiger partial charge < -0.3 is 4.90 Å². The van der Waals surface area contributed by atoms with Crippen molar-refractivity contribution in [3.63, 3.8) is 0 Å². The highest BCUT2D eigenvalue weighted by Gasteiger charge is 2.12. The fourth-order valence-electron chi connectivity index (χ4n) is 1.68. The van der Waals surface area contributed by atoms with E-state index in [0.717, 1.165) is 5.02 Å². The summed E-state index contributed by atoms with van der Waals surface area (Å²) in [5, 5.41) is 0.808. The Labute approximate surface area is 91.7 Å². The summed E-state index contributed by atoms with van der Waals surface area (Å²) in [6.45, 7) is 2.21. The van der Waals surface area contributed by atoms with Gasteiger partial charge in [0.25, 0.3) is 0 Å². The molecule has 0 saturated carbocycles. The van der Waals surface area contributed by atoms with Crippen LogP contribution in [0.3, 0.4) is 0 Å². The van der Waals surface area contributed by atoms with Crippen molar-refractivity contribution in [2.45, 2.75) is 25.8 Å². The number of nitrogens with zero attached hydrogens (tertiary/aromatic N) is 1. The highest BCUT2D eigenvalue weighted by Crippen LogP contribution is 2.24. The fraction of sp³-hybridized carbons (Fsp3) is 0.500. The summed E-state index contributed by atoms with van der Waals surface area (Å²) in [7, 11) is 4.24. The van der Waals surface area contributed by atoms with Crippen LogP contribution in [-0.2, 0) is 0 Å². The number of hydrogen-bond donors (Lipinski definition) is 0. The third kappa shape index (κ3) is 3.00. The second-order valence-corrected chi connectivity index (χ2v) is 4.26. The molecule has 1 aromatic rings. The minimum atomic E-state index is 0.511. The van der Waals surface area contributed by atoms with Crippen LogP contribution in [-0.4, -0.2) is 19.0 Å². The predicted molar refractivity (Wildman–Crippen MR) is 62.8 cm³/mol. The van der Waals surface area contributed by atoms with Gasteiger partial charge in [-0.05, 0) is 38.2 Å². The molecule has 1 rings (SSSR count). The maximum atomic E-state index is 5.86. The lowest BCUT2D eigenvalue weighted by Crippen LogP contribution is -2.19. The van der Waals surface area contributed by atoms with Gasteiger partial charge in [-0.15, -0.1) is 0 Å². The largest absolute Gasteiger partial charge is 0.302 e. The van der Waals surface area contributed by atoms with Crippen LogP contribution in [0.25, 0.3) is 0 Å². The molecule has 1 unspecified atom stereocenters. The van der Waals surface area contributed by atoms with Crippen LogP contribution in [0.5, 0.6) is 0 Å². The third-order valence-corrected chi connectivity index (χ3v) is 2.69. The molecule has 0 aliphatic heterocycles. The van der Waals surface area contributed by atoms with E-state index in [1.54, 1.807) is 0 Å². The van der Waals surface area contributed by atoms with Gasteiger partial charge in [0.2, 0.25) is 0 Å². The Hall–Kier alpha value is -0.530. The minimum absolute atomic E-state index is 0.511. The van der Waals surface area contributed by atoms with Crippen molar-refractivity contribution in [1.29, 1.82) is 0 Å². The van der Waals surface area contributed by atoms with Crippen LogP contribution in [0.1, 0.15) is 31.4 Å². The Kier molecular flexibility index (Phi) is 4.43. The molecule has 0 aromatic heterocycles. The summed E-state index contributed by atoms with van der Waals surface area (Å²) in [5.41, 5.74) is 1.35.